The summed E-state index contributed by atoms with van der Waals surface area (Å²) in [6.07, 6.45) is 0.814. The molecule has 3 N–H and O–H groups in total. The Kier molecular flexibility index (Phi) is 7.59. The summed E-state index contributed by atoms with van der Waals surface area (Å²) in [4.78, 5) is 37.2. The second-order valence-corrected chi connectivity index (χ2v) is 7.15. The maximum atomic E-state index is 12.4. The van der Waals surface area contributed by atoms with Crippen LogP contribution in [0, 0.1) is 6.92 Å². The second kappa shape index (κ2) is 10.8. The van der Waals surface area contributed by atoms with Crippen LogP contribution >= 0.6 is 0 Å². The van der Waals surface area contributed by atoms with E-state index in [9.17, 15) is 14.4 Å². The van der Waals surface area contributed by atoms with Crippen molar-refractivity contribution in [3.8, 4) is 5.75 Å². The van der Waals surface area contributed by atoms with E-state index in [1.165, 1.54) is 0 Å². The molecule has 0 radical (unpaired) electrons. The number of carbonyl (C=O) groups excluding carboxylic acids is 3. The van der Waals surface area contributed by atoms with Gasteiger partial charge in [0, 0.05) is 16.8 Å². The van der Waals surface area contributed by atoms with Crippen LogP contribution in [0.15, 0.2) is 72.8 Å². The zero-order valence-electron chi connectivity index (χ0n) is 18.0. The summed E-state index contributed by atoms with van der Waals surface area (Å²) in [6, 6.07) is 20.5. The van der Waals surface area contributed by atoms with Crippen LogP contribution in [0.2, 0.25) is 0 Å². The standard InChI is InChI=1S/C25H25N3O4/c1-3-15-32-22-10-5-4-9-21(22)25(31)28-27-24(30)18-11-13-20(14-12-18)26-23(29)19-8-6-7-17(2)16-19/h4-14,16H,3,15H2,1-2H3,(H,26,29)(H,27,30)(H,28,31). The predicted octanol–water partition coefficient (Wildman–Crippen LogP) is 4.11. The molecule has 0 aromatic heterocycles. The number of hydrogen-bond donors (Lipinski definition) is 3. The first-order valence-corrected chi connectivity index (χ1v) is 10.3. The summed E-state index contributed by atoms with van der Waals surface area (Å²) in [5.74, 6) is -0.745. The Hall–Kier alpha value is -4.13. The van der Waals surface area contributed by atoms with E-state index in [1.54, 1.807) is 60.7 Å². The van der Waals surface area contributed by atoms with E-state index in [-0.39, 0.29) is 5.91 Å². The predicted molar refractivity (Wildman–Crippen MR) is 123 cm³/mol. The number of rotatable bonds is 7. The van der Waals surface area contributed by atoms with E-state index >= 15 is 0 Å². The summed E-state index contributed by atoms with van der Waals surface area (Å²) in [7, 11) is 0. The van der Waals surface area contributed by atoms with Crippen LogP contribution in [0.25, 0.3) is 0 Å². The monoisotopic (exact) mass is 431 g/mol. The van der Waals surface area contributed by atoms with E-state index in [1.807, 2.05) is 26.0 Å². The first kappa shape index (κ1) is 22.6. The Bertz CT molecular complexity index is 1110. The molecule has 32 heavy (non-hydrogen) atoms. The van der Waals surface area contributed by atoms with Gasteiger partial charge in [0.15, 0.2) is 0 Å². The van der Waals surface area contributed by atoms with Gasteiger partial charge in [-0.15, -0.1) is 0 Å². The van der Waals surface area contributed by atoms with Gasteiger partial charge in [0.2, 0.25) is 0 Å². The van der Waals surface area contributed by atoms with Gasteiger partial charge < -0.3 is 10.1 Å². The number of nitrogens with one attached hydrogen (secondary N) is 3. The Morgan fingerprint density at radius 1 is 0.781 bits per heavy atom. The molecule has 0 saturated heterocycles. The van der Waals surface area contributed by atoms with Gasteiger partial charge in [-0.1, -0.05) is 36.8 Å². The molecule has 3 aromatic carbocycles. The fourth-order valence-corrected chi connectivity index (χ4v) is 2.94. The molecule has 0 unspecified atom stereocenters. The van der Waals surface area contributed by atoms with E-state index in [4.69, 9.17) is 4.74 Å². The van der Waals surface area contributed by atoms with E-state index in [2.05, 4.69) is 16.2 Å². The highest BCUT2D eigenvalue weighted by molar-refractivity contribution is 6.05. The topological polar surface area (TPSA) is 96.5 Å². The fourth-order valence-electron chi connectivity index (χ4n) is 2.94. The summed E-state index contributed by atoms with van der Waals surface area (Å²) < 4.78 is 5.57. The highest BCUT2D eigenvalue weighted by atomic mass is 16.5. The van der Waals surface area contributed by atoms with Crippen LogP contribution in [-0.2, 0) is 0 Å². The van der Waals surface area contributed by atoms with Crippen molar-refractivity contribution in [2.75, 3.05) is 11.9 Å². The van der Waals surface area contributed by atoms with E-state index in [0.29, 0.717) is 34.7 Å². The van der Waals surface area contributed by atoms with Gasteiger partial charge in [-0.2, -0.15) is 0 Å². The zero-order chi connectivity index (χ0) is 22.9. The van der Waals surface area contributed by atoms with E-state index in [0.717, 1.165) is 12.0 Å². The minimum atomic E-state index is -0.484. The van der Waals surface area contributed by atoms with Crippen LogP contribution in [0.4, 0.5) is 5.69 Å². The molecule has 0 aliphatic carbocycles. The van der Waals surface area contributed by atoms with Crippen LogP contribution in [-0.4, -0.2) is 24.3 Å². The maximum Gasteiger partial charge on any atom is 0.273 e. The molecule has 3 rings (SSSR count). The smallest absolute Gasteiger partial charge is 0.273 e. The molecule has 164 valence electrons. The highest BCUT2D eigenvalue weighted by Crippen LogP contribution is 2.18. The zero-order valence-corrected chi connectivity index (χ0v) is 18.0. The third-order valence-corrected chi connectivity index (χ3v) is 4.57. The molecule has 0 aliphatic rings. The molecule has 7 heteroatoms. The number of amides is 3. The SMILES string of the molecule is CCCOc1ccccc1C(=O)NNC(=O)c1ccc(NC(=O)c2cccc(C)c2)cc1. The quantitative estimate of drug-likeness (QED) is 0.491. The van der Waals surface area contributed by atoms with Crippen molar-refractivity contribution < 1.29 is 19.1 Å². The van der Waals surface area contributed by atoms with Gasteiger partial charge in [0.25, 0.3) is 17.7 Å². The van der Waals surface area contributed by atoms with Crippen molar-refractivity contribution in [2.24, 2.45) is 0 Å². The average Bonchev–Trinajstić information content (AvgIpc) is 2.81. The van der Waals surface area contributed by atoms with Crippen LogP contribution in [0.5, 0.6) is 5.75 Å². The molecule has 0 fully saturated rings. The summed E-state index contributed by atoms with van der Waals surface area (Å²) in [6.45, 7) is 4.38. The third kappa shape index (κ3) is 5.95. The molecule has 0 atom stereocenters. The number of ether oxygens (including phenoxy) is 1. The molecule has 0 spiro atoms. The molecule has 7 nitrogen and oxygen atoms in total. The molecule has 3 amide bonds. The van der Waals surface area contributed by atoms with Crippen molar-refractivity contribution in [1.82, 2.24) is 10.9 Å². The van der Waals surface area contributed by atoms with Crippen molar-refractivity contribution in [1.29, 1.82) is 0 Å². The second-order valence-electron chi connectivity index (χ2n) is 7.15. The lowest BCUT2D eigenvalue weighted by Crippen LogP contribution is -2.41. The summed E-state index contributed by atoms with van der Waals surface area (Å²) >= 11 is 0. The third-order valence-electron chi connectivity index (χ3n) is 4.57. The van der Waals surface area contributed by atoms with Crippen LogP contribution in [0.1, 0.15) is 50.0 Å². The molecular weight excluding hydrogens is 406 g/mol. The lowest BCUT2D eigenvalue weighted by atomic mass is 10.1. The van der Waals surface area contributed by atoms with Gasteiger partial charge in [-0.3, -0.25) is 25.2 Å². The molecule has 0 saturated carbocycles. The molecular formula is C25H25N3O4. The minimum absolute atomic E-state index is 0.234. The van der Waals surface area contributed by atoms with Gasteiger partial charge in [0.1, 0.15) is 5.75 Å². The summed E-state index contributed by atoms with van der Waals surface area (Å²) in [5, 5.41) is 2.79. The van der Waals surface area contributed by atoms with Crippen molar-refractivity contribution in [3.63, 3.8) is 0 Å². The average molecular weight is 431 g/mol. The lowest BCUT2D eigenvalue weighted by molar-refractivity contribution is 0.0844. The Morgan fingerprint density at radius 3 is 2.22 bits per heavy atom. The first-order valence-electron chi connectivity index (χ1n) is 10.3. The molecule has 0 aliphatic heterocycles. The van der Waals surface area contributed by atoms with Gasteiger partial charge in [0.05, 0.1) is 12.2 Å². The van der Waals surface area contributed by atoms with Gasteiger partial charge >= 0.3 is 0 Å². The van der Waals surface area contributed by atoms with Gasteiger partial charge in [-0.05, 0) is 61.9 Å². The number of anilines is 1. The maximum absolute atomic E-state index is 12.4. The van der Waals surface area contributed by atoms with Crippen molar-refractivity contribution in [2.45, 2.75) is 20.3 Å². The molecule has 0 bridgehead atoms. The number of hydrazine groups is 1. The number of aryl methyl sites for hydroxylation is 1. The van der Waals surface area contributed by atoms with Crippen molar-refractivity contribution in [3.05, 3.63) is 95.1 Å². The first-order chi connectivity index (χ1) is 15.5. The normalized spacial score (nSPS) is 10.2. The Balaban J connectivity index is 1.57. The Morgan fingerprint density at radius 2 is 1.50 bits per heavy atom. The Labute approximate surface area is 186 Å². The molecule has 3 aromatic rings. The van der Waals surface area contributed by atoms with Gasteiger partial charge in [-0.25, -0.2) is 0 Å². The fraction of sp³-hybridized carbons (Fsp3) is 0.160. The largest absolute Gasteiger partial charge is 0.493 e. The number of para-hydroxylation sites is 1. The number of carbonyl (C=O) groups is 3. The van der Waals surface area contributed by atoms with Crippen LogP contribution in [0.3, 0.4) is 0 Å². The van der Waals surface area contributed by atoms with E-state index < -0.39 is 11.8 Å². The minimum Gasteiger partial charge on any atom is -0.493 e. The highest BCUT2D eigenvalue weighted by Gasteiger charge is 2.14. The summed E-state index contributed by atoms with van der Waals surface area (Å²) in [5.41, 5.74) is 7.55. The van der Waals surface area contributed by atoms with Crippen LogP contribution < -0.4 is 20.9 Å². The van der Waals surface area contributed by atoms with Crippen molar-refractivity contribution >= 4 is 23.4 Å². The molecule has 0 heterocycles. The lowest BCUT2D eigenvalue weighted by Gasteiger charge is -2.12. The number of hydrogen-bond acceptors (Lipinski definition) is 4. The number of benzene rings is 3.